The van der Waals surface area contributed by atoms with Gasteiger partial charge in [-0.25, -0.2) is 22.5 Å². The second kappa shape index (κ2) is 13.2. The number of carbonyl (C=O) groups is 1. The van der Waals surface area contributed by atoms with E-state index < -0.39 is 40.0 Å². The lowest BCUT2D eigenvalue weighted by atomic mass is 9.93. The molecule has 15 heteroatoms. The summed E-state index contributed by atoms with van der Waals surface area (Å²) in [4.78, 5) is 14.8. The summed E-state index contributed by atoms with van der Waals surface area (Å²) in [5.74, 6) is -0.755. The van der Waals surface area contributed by atoms with Crippen LogP contribution in [0.3, 0.4) is 0 Å². The van der Waals surface area contributed by atoms with Crippen molar-refractivity contribution in [2.45, 2.75) is 42.0 Å². The summed E-state index contributed by atoms with van der Waals surface area (Å²) in [5.41, 5.74) is -1.96. The maximum absolute atomic E-state index is 14.0. The second-order valence-electron chi connectivity index (χ2n) is 8.30. The van der Waals surface area contributed by atoms with Crippen molar-refractivity contribution < 1.29 is 45.7 Å². The minimum Gasteiger partial charge on any atom is -0.486 e. The van der Waals surface area contributed by atoms with Crippen molar-refractivity contribution in [1.29, 1.82) is 0 Å². The highest BCUT2D eigenvalue weighted by Crippen LogP contribution is 2.37. The van der Waals surface area contributed by atoms with Crippen LogP contribution in [0.1, 0.15) is 19.3 Å². The summed E-state index contributed by atoms with van der Waals surface area (Å²) in [7, 11) is -4.19. The number of rotatable bonds is 8. The minimum atomic E-state index is -4.64. The van der Waals surface area contributed by atoms with Gasteiger partial charge in [-0.05, 0) is 43.5 Å². The van der Waals surface area contributed by atoms with Crippen LogP contribution in [0.15, 0.2) is 41.3 Å². The SMILES string of the molecule is O=CC(F)(F)F.[C-]#[N+]c1ccc(O[C@H]2CN(S(=O)(=O)c3ccc(Cl)cc3[N+]#[C-])C[C@]2(O)CCCCO)cc1F. The number of alkyl halides is 3. The van der Waals surface area contributed by atoms with Gasteiger partial charge in [0.25, 0.3) is 0 Å². The molecule has 0 radical (unpaired) electrons. The molecule has 1 saturated heterocycles. The lowest BCUT2D eigenvalue weighted by Crippen LogP contribution is -2.45. The highest BCUT2D eigenvalue weighted by molar-refractivity contribution is 7.89. The predicted octanol–water partition coefficient (Wildman–Crippen LogP) is 4.67. The van der Waals surface area contributed by atoms with Crippen LogP contribution in [0, 0.1) is 19.0 Å². The lowest BCUT2D eigenvalue weighted by Gasteiger charge is -2.29. The molecular weight excluding hydrogens is 570 g/mol. The van der Waals surface area contributed by atoms with E-state index in [1.807, 2.05) is 0 Å². The van der Waals surface area contributed by atoms with Crippen molar-refractivity contribution in [1.82, 2.24) is 4.31 Å². The van der Waals surface area contributed by atoms with E-state index in [0.717, 1.165) is 10.4 Å². The quantitative estimate of drug-likeness (QED) is 0.200. The van der Waals surface area contributed by atoms with E-state index in [4.69, 9.17) is 39.4 Å². The molecule has 2 aromatic rings. The molecule has 2 atom stereocenters. The van der Waals surface area contributed by atoms with Crippen LogP contribution >= 0.6 is 11.6 Å². The van der Waals surface area contributed by atoms with Gasteiger partial charge >= 0.3 is 6.18 Å². The molecule has 1 aliphatic heterocycles. The molecule has 0 unspecified atom stereocenters. The van der Waals surface area contributed by atoms with Gasteiger partial charge in [0.05, 0.1) is 24.6 Å². The Morgan fingerprint density at radius 1 is 1.15 bits per heavy atom. The number of aliphatic hydroxyl groups excluding tert-OH is 1. The largest absolute Gasteiger partial charge is 0.486 e. The van der Waals surface area contributed by atoms with Crippen LogP contribution in [0.4, 0.5) is 28.9 Å². The number of aliphatic hydroxyl groups is 2. The first-order valence-electron chi connectivity index (χ1n) is 11.1. The molecule has 2 N–H and O–H groups in total. The fourth-order valence-electron chi connectivity index (χ4n) is 3.69. The number of carbonyl (C=O) groups excluding carboxylic acids is 1. The maximum Gasteiger partial charge on any atom is 0.446 e. The van der Waals surface area contributed by atoms with Crippen molar-refractivity contribution in [3.05, 3.63) is 70.1 Å². The predicted molar refractivity (Wildman–Crippen MR) is 132 cm³/mol. The molecule has 0 aliphatic carbocycles. The standard InChI is InChI=1S/C22H21ClFN3O5S.C2HF3O/c1-25-18-7-6-16(12-17(18)24)32-21-13-27(14-22(21,29)9-3-4-10-28)33(30,31)20-8-5-15(23)11-19(20)26-2;3-2(4,5)1-6/h5-8,11-12,21,28-29H,3-4,9-10,13-14H2;1H/t21-,22+;/m0./s1. The van der Waals surface area contributed by atoms with Gasteiger partial charge in [-0.15, -0.1) is 0 Å². The Balaban J connectivity index is 0.000000798. The molecule has 0 aromatic heterocycles. The molecule has 210 valence electrons. The summed E-state index contributed by atoms with van der Waals surface area (Å²) in [6.45, 7) is 13.6. The zero-order chi connectivity index (χ0) is 29.4. The first kappa shape index (κ1) is 31.9. The van der Waals surface area contributed by atoms with Gasteiger partial charge in [0.2, 0.25) is 27.7 Å². The van der Waals surface area contributed by atoms with Crippen LogP contribution in [0.5, 0.6) is 5.75 Å². The number of aldehydes is 1. The Hall–Kier alpha value is -3.27. The molecule has 9 nitrogen and oxygen atoms in total. The van der Waals surface area contributed by atoms with Crippen LogP contribution in [-0.4, -0.2) is 66.8 Å². The Labute approximate surface area is 226 Å². The average molecular weight is 592 g/mol. The third-order valence-electron chi connectivity index (χ3n) is 5.55. The number of hydrogen-bond acceptors (Lipinski definition) is 6. The second-order valence-corrected chi connectivity index (χ2v) is 10.6. The molecular formula is C24H22ClF4N3O6S. The smallest absolute Gasteiger partial charge is 0.446 e. The summed E-state index contributed by atoms with van der Waals surface area (Å²) >= 11 is 5.89. The Morgan fingerprint density at radius 3 is 2.33 bits per heavy atom. The summed E-state index contributed by atoms with van der Waals surface area (Å²) in [5, 5.41) is 20.6. The highest BCUT2D eigenvalue weighted by atomic mass is 35.5. The van der Waals surface area contributed by atoms with Crippen molar-refractivity contribution in [2.24, 2.45) is 0 Å². The van der Waals surface area contributed by atoms with E-state index in [1.165, 1.54) is 30.3 Å². The van der Waals surface area contributed by atoms with Crippen LogP contribution in [-0.2, 0) is 14.8 Å². The monoisotopic (exact) mass is 591 g/mol. The van der Waals surface area contributed by atoms with Gasteiger partial charge in [-0.2, -0.15) is 17.5 Å². The highest BCUT2D eigenvalue weighted by Gasteiger charge is 2.50. The molecule has 0 amide bonds. The van der Waals surface area contributed by atoms with E-state index >= 15 is 0 Å². The summed E-state index contributed by atoms with van der Waals surface area (Å²) < 4.78 is 78.7. The van der Waals surface area contributed by atoms with Gasteiger partial charge in [-0.1, -0.05) is 17.7 Å². The lowest BCUT2D eigenvalue weighted by molar-refractivity contribution is -0.156. The molecule has 3 rings (SSSR count). The average Bonchev–Trinajstić information content (AvgIpc) is 3.20. The van der Waals surface area contributed by atoms with E-state index in [-0.39, 0.29) is 53.2 Å². The van der Waals surface area contributed by atoms with Crippen molar-refractivity contribution in [2.75, 3.05) is 19.7 Å². The summed E-state index contributed by atoms with van der Waals surface area (Å²) in [6.07, 6.45) is -5.82. The van der Waals surface area contributed by atoms with Crippen molar-refractivity contribution in [3.8, 4) is 5.75 Å². The summed E-state index contributed by atoms with van der Waals surface area (Å²) in [6, 6.07) is 7.47. The zero-order valence-electron chi connectivity index (χ0n) is 20.0. The number of benzene rings is 2. The molecule has 0 bridgehead atoms. The Bertz CT molecular complexity index is 1380. The molecule has 0 saturated carbocycles. The Kier molecular flexibility index (Phi) is 10.8. The Morgan fingerprint density at radius 2 is 1.79 bits per heavy atom. The molecule has 39 heavy (non-hydrogen) atoms. The normalized spacial score (nSPS) is 19.4. The van der Waals surface area contributed by atoms with E-state index in [2.05, 4.69) is 9.69 Å². The van der Waals surface area contributed by atoms with Gasteiger partial charge in [0.15, 0.2) is 0 Å². The minimum absolute atomic E-state index is 0.0399. The van der Waals surface area contributed by atoms with Crippen LogP contribution < -0.4 is 4.74 Å². The fraction of sp³-hybridized carbons (Fsp3) is 0.375. The van der Waals surface area contributed by atoms with Gasteiger partial charge in [0, 0.05) is 24.2 Å². The number of ether oxygens (including phenoxy) is 1. The van der Waals surface area contributed by atoms with Crippen molar-refractivity contribution >= 4 is 39.3 Å². The fourth-order valence-corrected chi connectivity index (χ4v) is 5.47. The molecule has 1 aliphatic rings. The van der Waals surface area contributed by atoms with E-state index in [9.17, 15) is 31.1 Å². The molecule has 2 aromatic carbocycles. The van der Waals surface area contributed by atoms with E-state index in [1.54, 1.807) is 0 Å². The first-order chi connectivity index (χ1) is 18.2. The van der Waals surface area contributed by atoms with Crippen LogP contribution in [0.2, 0.25) is 5.02 Å². The maximum atomic E-state index is 14.0. The first-order valence-corrected chi connectivity index (χ1v) is 12.9. The van der Waals surface area contributed by atoms with Crippen molar-refractivity contribution in [3.63, 3.8) is 0 Å². The number of halogens is 5. The zero-order valence-corrected chi connectivity index (χ0v) is 21.6. The van der Waals surface area contributed by atoms with Gasteiger partial charge in [-0.3, -0.25) is 4.79 Å². The third kappa shape index (κ3) is 8.36. The van der Waals surface area contributed by atoms with E-state index in [0.29, 0.717) is 12.8 Å². The van der Waals surface area contributed by atoms with Gasteiger partial charge in [0.1, 0.15) is 23.3 Å². The molecule has 1 heterocycles. The third-order valence-corrected chi connectivity index (χ3v) is 7.64. The molecule has 0 spiro atoms. The number of unbranched alkanes of at least 4 members (excludes halogenated alkanes) is 1. The number of sulfonamides is 1. The number of β-amino-alcohol motifs (C(OH)–C–C–N with tert-alkyl or cyclic N) is 1. The number of hydrogen-bond donors (Lipinski definition) is 2. The van der Waals surface area contributed by atoms with Gasteiger partial charge < -0.3 is 14.9 Å². The van der Waals surface area contributed by atoms with Crippen LogP contribution in [0.25, 0.3) is 9.69 Å². The molecule has 1 fully saturated rings. The number of nitrogens with zero attached hydrogens (tertiary/aromatic N) is 3. The topological polar surface area (TPSA) is 113 Å².